The number of halogens is 2. The Morgan fingerprint density at radius 1 is 1.35 bits per heavy atom. The van der Waals surface area contributed by atoms with Crippen LogP contribution in [0.15, 0.2) is 36.4 Å². The van der Waals surface area contributed by atoms with Gasteiger partial charge in [0.05, 0.1) is 4.92 Å². The van der Waals surface area contributed by atoms with Crippen LogP contribution in [0.5, 0.6) is 5.75 Å². The number of nitro groups is 1. The van der Waals surface area contributed by atoms with Crippen molar-refractivity contribution in [3.05, 3.63) is 63.7 Å². The molecule has 2 aromatic carbocycles. The molecule has 0 bridgehead atoms. The summed E-state index contributed by atoms with van der Waals surface area (Å²) >= 11 is 0. The molecule has 0 aliphatic heterocycles. The summed E-state index contributed by atoms with van der Waals surface area (Å²) in [7, 11) is 0. The first kappa shape index (κ1) is 19.3. The van der Waals surface area contributed by atoms with Gasteiger partial charge < -0.3 is 15.2 Å². The SMILES string of the molecule is Cc1cc(NC(=O)C(C)(O)COc2cccc(F)c2F)ccc1[N+](=O)[O-]. The number of nitro benzene ring substituents is 1. The molecule has 138 valence electrons. The second-order valence-electron chi connectivity index (χ2n) is 5.83. The van der Waals surface area contributed by atoms with Crippen LogP contribution >= 0.6 is 0 Å². The number of carbonyl (C=O) groups excluding carboxylic acids is 1. The van der Waals surface area contributed by atoms with Crippen LogP contribution in [0.2, 0.25) is 0 Å². The number of nitrogens with one attached hydrogen (secondary N) is 1. The molecule has 0 saturated heterocycles. The Kier molecular flexibility index (Phi) is 5.51. The number of ether oxygens (including phenoxy) is 1. The van der Waals surface area contributed by atoms with Crippen LogP contribution in [-0.4, -0.2) is 28.1 Å². The Labute approximate surface area is 147 Å². The van der Waals surface area contributed by atoms with E-state index in [1.54, 1.807) is 0 Å². The lowest BCUT2D eigenvalue weighted by molar-refractivity contribution is -0.385. The van der Waals surface area contributed by atoms with E-state index >= 15 is 0 Å². The van der Waals surface area contributed by atoms with Gasteiger partial charge in [-0.05, 0) is 38.1 Å². The van der Waals surface area contributed by atoms with E-state index in [2.05, 4.69) is 5.32 Å². The van der Waals surface area contributed by atoms with Crippen molar-refractivity contribution in [3.63, 3.8) is 0 Å². The summed E-state index contributed by atoms with van der Waals surface area (Å²) < 4.78 is 31.7. The minimum Gasteiger partial charge on any atom is -0.487 e. The molecule has 1 amide bonds. The zero-order valence-corrected chi connectivity index (χ0v) is 14.0. The highest BCUT2D eigenvalue weighted by Gasteiger charge is 2.32. The van der Waals surface area contributed by atoms with E-state index in [0.29, 0.717) is 5.56 Å². The van der Waals surface area contributed by atoms with Gasteiger partial charge in [-0.1, -0.05) is 6.07 Å². The molecule has 0 aromatic heterocycles. The maximum Gasteiger partial charge on any atom is 0.272 e. The van der Waals surface area contributed by atoms with Crippen LogP contribution in [0.25, 0.3) is 0 Å². The van der Waals surface area contributed by atoms with Crippen molar-refractivity contribution in [2.75, 3.05) is 11.9 Å². The van der Waals surface area contributed by atoms with Crippen LogP contribution < -0.4 is 10.1 Å². The normalized spacial score (nSPS) is 13.0. The second kappa shape index (κ2) is 7.44. The molecule has 0 spiro atoms. The summed E-state index contributed by atoms with van der Waals surface area (Å²) in [6, 6.07) is 7.20. The summed E-state index contributed by atoms with van der Waals surface area (Å²) in [5.74, 6) is -3.66. The Hall–Kier alpha value is -3.07. The average Bonchev–Trinajstić information content (AvgIpc) is 2.56. The van der Waals surface area contributed by atoms with Crippen molar-refractivity contribution in [2.24, 2.45) is 0 Å². The van der Waals surface area contributed by atoms with E-state index in [1.807, 2.05) is 0 Å². The number of aryl methyl sites for hydroxylation is 1. The zero-order valence-electron chi connectivity index (χ0n) is 14.0. The maximum absolute atomic E-state index is 13.5. The highest BCUT2D eigenvalue weighted by Crippen LogP contribution is 2.23. The van der Waals surface area contributed by atoms with E-state index in [0.717, 1.165) is 19.1 Å². The molecular formula is C17H16F2N2O5. The molecular weight excluding hydrogens is 350 g/mol. The molecule has 0 aliphatic carbocycles. The van der Waals surface area contributed by atoms with Gasteiger partial charge in [0, 0.05) is 17.3 Å². The third-order valence-corrected chi connectivity index (χ3v) is 3.57. The van der Waals surface area contributed by atoms with E-state index in [-0.39, 0.29) is 11.4 Å². The van der Waals surface area contributed by atoms with Crippen LogP contribution in [0.3, 0.4) is 0 Å². The molecule has 0 aliphatic rings. The molecule has 1 unspecified atom stereocenters. The maximum atomic E-state index is 13.5. The lowest BCUT2D eigenvalue weighted by Crippen LogP contribution is -2.45. The number of nitrogens with zero attached hydrogens (tertiary/aromatic N) is 1. The second-order valence-corrected chi connectivity index (χ2v) is 5.83. The first-order chi connectivity index (χ1) is 12.1. The van der Waals surface area contributed by atoms with E-state index in [9.17, 15) is 28.8 Å². The Morgan fingerprint density at radius 3 is 2.65 bits per heavy atom. The van der Waals surface area contributed by atoms with Crippen molar-refractivity contribution in [1.29, 1.82) is 0 Å². The summed E-state index contributed by atoms with van der Waals surface area (Å²) in [4.78, 5) is 22.4. The number of amides is 1. The molecule has 26 heavy (non-hydrogen) atoms. The summed E-state index contributed by atoms with van der Waals surface area (Å²) in [6.07, 6.45) is 0. The number of carbonyl (C=O) groups is 1. The molecule has 0 saturated carbocycles. The fourth-order valence-electron chi connectivity index (χ4n) is 2.08. The zero-order chi connectivity index (χ0) is 19.5. The summed E-state index contributed by atoms with van der Waals surface area (Å²) in [5.41, 5.74) is -1.62. The highest BCUT2D eigenvalue weighted by atomic mass is 19.2. The minimum absolute atomic E-state index is 0.111. The number of aliphatic hydroxyl groups is 1. The summed E-state index contributed by atoms with van der Waals surface area (Å²) in [5, 5.41) is 23.4. The average molecular weight is 366 g/mol. The van der Waals surface area contributed by atoms with Gasteiger partial charge in [-0.2, -0.15) is 4.39 Å². The van der Waals surface area contributed by atoms with Gasteiger partial charge in [0.25, 0.3) is 11.6 Å². The number of benzene rings is 2. The standard InChI is InChI=1S/C17H16F2N2O5/c1-10-8-11(6-7-13(10)21(24)25)20-16(22)17(2,23)9-26-14-5-3-4-12(18)15(14)19/h3-8,23H,9H2,1-2H3,(H,20,22). The predicted octanol–water partition coefficient (Wildman–Crippen LogP) is 2.95. The van der Waals surface area contributed by atoms with Crippen LogP contribution in [0.4, 0.5) is 20.2 Å². The lowest BCUT2D eigenvalue weighted by atomic mass is 10.1. The van der Waals surface area contributed by atoms with Crippen molar-refractivity contribution in [1.82, 2.24) is 0 Å². The van der Waals surface area contributed by atoms with Crippen LogP contribution in [0.1, 0.15) is 12.5 Å². The van der Waals surface area contributed by atoms with Crippen molar-refractivity contribution in [3.8, 4) is 5.75 Å². The van der Waals surface area contributed by atoms with Crippen LogP contribution in [-0.2, 0) is 4.79 Å². The van der Waals surface area contributed by atoms with Crippen molar-refractivity contribution < 1.29 is 28.3 Å². The molecule has 2 aromatic rings. The Morgan fingerprint density at radius 2 is 2.04 bits per heavy atom. The molecule has 2 rings (SSSR count). The molecule has 0 fully saturated rings. The third kappa shape index (κ3) is 4.31. The van der Waals surface area contributed by atoms with E-state index in [1.165, 1.54) is 31.2 Å². The van der Waals surface area contributed by atoms with E-state index < -0.39 is 40.4 Å². The number of anilines is 1. The fourth-order valence-corrected chi connectivity index (χ4v) is 2.08. The van der Waals surface area contributed by atoms with Crippen molar-refractivity contribution in [2.45, 2.75) is 19.4 Å². The van der Waals surface area contributed by atoms with Gasteiger partial charge >= 0.3 is 0 Å². The molecule has 0 radical (unpaired) electrons. The first-order valence-corrected chi connectivity index (χ1v) is 7.47. The highest BCUT2D eigenvalue weighted by molar-refractivity contribution is 5.97. The molecule has 9 heteroatoms. The number of rotatable bonds is 6. The quantitative estimate of drug-likeness (QED) is 0.605. The third-order valence-electron chi connectivity index (χ3n) is 3.57. The lowest BCUT2D eigenvalue weighted by Gasteiger charge is -2.22. The van der Waals surface area contributed by atoms with Crippen molar-refractivity contribution >= 4 is 17.3 Å². The van der Waals surface area contributed by atoms with Gasteiger partial charge in [0.1, 0.15) is 6.61 Å². The van der Waals surface area contributed by atoms with Crippen LogP contribution in [0, 0.1) is 28.7 Å². The van der Waals surface area contributed by atoms with Gasteiger partial charge in [0.2, 0.25) is 5.82 Å². The molecule has 0 heterocycles. The smallest absolute Gasteiger partial charge is 0.272 e. The van der Waals surface area contributed by atoms with E-state index in [4.69, 9.17) is 4.74 Å². The molecule has 7 nitrogen and oxygen atoms in total. The largest absolute Gasteiger partial charge is 0.487 e. The molecule has 1 atom stereocenters. The van der Waals surface area contributed by atoms with Gasteiger partial charge in [-0.3, -0.25) is 14.9 Å². The topological polar surface area (TPSA) is 102 Å². The molecule has 2 N–H and O–H groups in total. The summed E-state index contributed by atoms with van der Waals surface area (Å²) in [6.45, 7) is 2.00. The minimum atomic E-state index is -2.06. The number of hydrogen-bond donors (Lipinski definition) is 2. The van der Waals surface area contributed by atoms with Gasteiger partial charge in [0.15, 0.2) is 17.2 Å². The number of hydrogen-bond acceptors (Lipinski definition) is 5. The van der Waals surface area contributed by atoms with Gasteiger partial charge in [-0.25, -0.2) is 4.39 Å². The fraction of sp³-hybridized carbons (Fsp3) is 0.235. The monoisotopic (exact) mass is 366 g/mol. The Bertz CT molecular complexity index is 855. The Balaban J connectivity index is 2.06. The first-order valence-electron chi connectivity index (χ1n) is 7.47. The van der Waals surface area contributed by atoms with Gasteiger partial charge in [-0.15, -0.1) is 0 Å². The predicted molar refractivity (Wildman–Crippen MR) is 88.9 cm³/mol.